The van der Waals surface area contributed by atoms with Crippen LogP contribution >= 0.6 is 0 Å². The number of urea groups is 1. The SMILES string of the molecule is Nc1ncnc2n[nH]c(-c3ccc(Oc4ccccc4)cc3)c12.O=C1CCC(N2Cc3cc(N4CCN(C5CCN(C(=O)N6CCCCC6)CC5)CC4)ccc3C2=O)C(=O)N1. The molecule has 4 saturated heterocycles. The van der Waals surface area contributed by atoms with Crippen LogP contribution in [0.1, 0.15) is 60.9 Å². The largest absolute Gasteiger partial charge is 0.457 e. The van der Waals surface area contributed by atoms with E-state index in [1.807, 2.05) is 71.6 Å². The van der Waals surface area contributed by atoms with E-state index in [1.165, 1.54) is 12.7 Å². The van der Waals surface area contributed by atoms with Crippen molar-refractivity contribution < 1.29 is 23.9 Å². The third-order valence-electron chi connectivity index (χ3n) is 12.6. The summed E-state index contributed by atoms with van der Waals surface area (Å²) in [6.07, 6.45) is 7.62. The molecule has 16 nitrogen and oxygen atoms in total. The number of piperidine rings is 3. The number of aromatic amines is 1. The van der Waals surface area contributed by atoms with E-state index in [1.54, 1.807) is 4.90 Å². The number of likely N-dealkylation sites (tertiary alicyclic amines) is 2. The third kappa shape index (κ3) is 8.58. The maximum atomic E-state index is 13.0. The van der Waals surface area contributed by atoms with Gasteiger partial charge in [-0.15, -0.1) is 0 Å². The highest BCUT2D eigenvalue weighted by molar-refractivity contribution is 6.05. The summed E-state index contributed by atoms with van der Waals surface area (Å²) in [5.41, 5.74) is 10.9. The summed E-state index contributed by atoms with van der Waals surface area (Å²) in [5.74, 6) is 1.19. The molecule has 10 rings (SSSR count). The zero-order chi connectivity index (χ0) is 41.9. The van der Waals surface area contributed by atoms with Crippen molar-refractivity contribution in [3.8, 4) is 22.8 Å². The molecule has 1 unspecified atom stereocenters. The maximum Gasteiger partial charge on any atom is 0.319 e. The highest BCUT2D eigenvalue weighted by atomic mass is 16.5. The van der Waals surface area contributed by atoms with Crippen molar-refractivity contribution in [2.75, 3.05) is 63.0 Å². The first-order chi connectivity index (χ1) is 29.8. The number of hydrogen-bond acceptors (Lipinski definition) is 11. The highest BCUT2D eigenvalue weighted by Crippen LogP contribution is 2.33. The van der Waals surface area contributed by atoms with E-state index < -0.39 is 6.04 Å². The van der Waals surface area contributed by atoms with E-state index >= 15 is 0 Å². The van der Waals surface area contributed by atoms with Crippen molar-refractivity contribution in [3.05, 3.63) is 90.3 Å². The lowest BCUT2D eigenvalue weighted by molar-refractivity contribution is -0.136. The number of fused-ring (bicyclic) bond motifs is 2. The zero-order valence-electron chi connectivity index (χ0n) is 34.2. The molecular formula is C45H51N11O5. The molecule has 2 aromatic heterocycles. The molecule has 61 heavy (non-hydrogen) atoms. The van der Waals surface area contributed by atoms with Crippen molar-refractivity contribution >= 4 is 46.3 Å². The Morgan fingerprint density at radius 1 is 0.770 bits per heavy atom. The summed E-state index contributed by atoms with van der Waals surface area (Å²) >= 11 is 0. The molecule has 0 radical (unpaired) electrons. The number of benzene rings is 3. The van der Waals surface area contributed by atoms with Gasteiger partial charge >= 0.3 is 6.03 Å². The van der Waals surface area contributed by atoms with Gasteiger partial charge in [0, 0.05) is 88.2 Å². The molecule has 5 aliphatic heterocycles. The molecule has 7 heterocycles. The van der Waals surface area contributed by atoms with Crippen molar-refractivity contribution in [2.45, 2.75) is 63.6 Å². The average Bonchev–Trinajstić information content (AvgIpc) is 3.89. The van der Waals surface area contributed by atoms with Gasteiger partial charge in [-0.1, -0.05) is 18.2 Å². The van der Waals surface area contributed by atoms with Crippen molar-refractivity contribution in [2.24, 2.45) is 0 Å². The predicted molar refractivity (Wildman–Crippen MR) is 230 cm³/mol. The van der Waals surface area contributed by atoms with Crippen molar-refractivity contribution in [3.63, 3.8) is 0 Å². The number of nitrogens with two attached hydrogens (primary N) is 1. The van der Waals surface area contributed by atoms with E-state index in [0.29, 0.717) is 36.0 Å². The number of nitrogen functional groups attached to an aromatic ring is 1. The Morgan fingerprint density at radius 2 is 1.49 bits per heavy atom. The van der Waals surface area contributed by atoms with Gasteiger partial charge in [-0.25, -0.2) is 14.8 Å². The fourth-order valence-corrected chi connectivity index (χ4v) is 9.21. The number of aromatic nitrogens is 4. The number of hydrogen-bond donors (Lipinski definition) is 3. The number of nitrogens with zero attached hydrogens (tertiary/aromatic N) is 8. The molecule has 1 atom stereocenters. The number of carbonyl (C=O) groups excluding carboxylic acids is 4. The van der Waals surface area contributed by atoms with Gasteiger partial charge in [0.2, 0.25) is 11.8 Å². The predicted octanol–water partition coefficient (Wildman–Crippen LogP) is 5.03. The lowest BCUT2D eigenvalue weighted by Gasteiger charge is -2.44. The molecule has 0 aliphatic carbocycles. The van der Waals surface area contributed by atoms with E-state index in [2.05, 4.69) is 46.2 Å². The Labute approximate surface area is 354 Å². The van der Waals surface area contributed by atoms with Crippen LogP contribution in [0.25, 0.3) is 22.3 Å². The van der Waals surface area contributed by atoms with Crippen molar-refractivity contribution in [1.29, 1.82) is 0 Å². The van der Waals surface area contributed by atoms with Crippen LogP contribution in [0.4, 0.5) is 16.3 Å². The number of para-hydroxylation sites is 1. The quantitative estimate of drug-likeness (QED) is 0.195. The van der Waals surface area contributed by atoms with Crippen LogP contribution in [0.3, 0.4) is 0 Å². The van der Waals surface area contributed by atoms with E-state index in [0.717, 1.165) is 117 Å². The lowest BCUT2D eigenvalue weighted by Crippen LogP contribution is -2.55. The van der Waals surface area contributed by atoms with Crippen LogP contribution in [0.2, 0.25) is 0 Å². The Hall–Kier alpha value is -6.55. The number of ether oxygens (including phenoxy) is 1. The van der Waals surface area contributed by atoms with Gasteiger partial charge in [-0.05, 0) is 98.7 Å². The standard InChI is InChI=1S/C28H38N6O4.C17H13N5O/c35-25-7-6-24(26(36)29-25)34-19-20-18-22(4-5-23(20)27(34)37)31-16-14-30(15-17-31)21-8-12-33(13-9-21)28(38)32-10-2-1-3-11-32;18-16-14-15(21-22-17(14)20-10-19-16)11-6-8-13(9-7-11)23-12-4-2-1-3-5-12/h4-5,18,21,24H,1-3,6-17,19H2,(H,29,35,36);1-10H,(H3,18,19,20,21,22). The minimum Gasteiger partial charge on any atom is -0.457 e. The minimum atomic E-state index is -0.582. The number of amides is 5. The number of anilines is 2. The molecule has 0 saturated carbocycles. The van der Waals surface area contributed by atoms with Crippen LogP contribution in [0, 0.1) is 0 Å². The highest BCUT2D eigenvalue weighted by Gasteiger charge is 2.39. The molecule has 4 fully saturated rings. The fraction of sp³-hybridized carbons (Fsp3) is 0.400. The van der Waals surface area contributed by atoms with Gasteiger partial charge < -0.3 is 30.1 Å². The molecule has 0 spiro atoms. The summed E-state index contributed by atoms with van der Waals surface area (Å²) in [4.78, 5) is 68.5. The molecule has 4 N–H and O–H groups in total. The van der Waals surface area contributed by atoms with Crippen LogP contribution in [0.5, 0.6) is 11.5 Å². The first-order valence-electron chi connectivity index (χ1n) is 21.4. The number of imide groups is 1. The second-order valence-electron chi connectivity index (χ2n) is 16.3. The number of H-pyrrole nitrogens is 1. The maximum absolute atomic E-state index is 13.0. The van der Waals surface area contributed by atoms with Crippen LogP contribution in [-0.2, 0) is 16.1 Å². The van der Waals surface area contributed by atoms with Crippen molar-refractivity contribution in [1.82, 2.24) is 45.1 Å². The Bertz CT molecular complexity index is 2390. The summed E-state index contributed by atoms with van der Waals surface area (Å²) in [5, 5.41) is 10.2. The van der Waals surface area contributed by atoms with Crippen LogP contribution in [0.15, 0.2) is 79.1 Å². The van der Waals surface area contributed by atoms with Gasteiger partial charge in [0.25, 0.3) is 5.91 Å². The molecule has 5 aromatic rings. The summed E-state index contributed by atoms with van der Waals surface area (Å²) < 4.78 is 5.79. The summed E-state index contributed by atoms with van der Waals surface area (Å²) in [6, 6.07) is 23.5. The van der Waals surface area contributed by atoms with E-state index in [4.69, 9.17) is 10.5 Å². The number of nitrogens with one attached hydrogen (secondary N) is 2. The van der Waals surface area contributed by atoms with Gasteiger partial charge in [0.15, 0.2) is 5.65 Å². The second-order valence-corrected chi connectivity index (χ2v) is 16.3. The molecule has 0 bridgehead atoms. The number of rotatable bonds is 6. The molecule has 316 valence electrons. The zero-order valence-corrected chi connectivity index (χ0v) is 34.2. The molecular weight excluding hydrogens is 775 g/mol. The van der Waals surface area contributed by atoms with Gasteiger partial charge in [-0.2, -0.15) is 5.10 Å². The van der Waals surface area contributed by atoms with E-state index in [9.17, 15) is 19.2 Å². The van der Waals surface area contributed by atoms with E-state index in [-0.39, 0.29) is 30.2 Å². The Kier molecular flexibility index (Phi) is 11.5. The van der Waals surface area contributed by atoms with Gasteiger partial charge in [-0.3, -0.25) is 29.7 Å². The molecule has 5 aliphatic rings. The minimum absolute atomic E-state index is 0.129. The third-order valence-corrected chi connectivity index (χ3v) is 12.6. The summed E-state index contributed by atoms with van der Waals surface area (Å²) in [7, 11) is 0. The van der Waals surface area contributed by atoms with Gasteiger partial charge in [0.1, 0.15) is 29.7 Å². The smallest absolute Gasteiger partial charge is 0.319 e. The number of piperazine rings is 1. The average molecular weight is 826 g/mol. The molecule has 3 aromatic carbocycles. The number of carbonyl (C=O) groups is 4. The Morgan fingerprint density at radius 3 is 2.23 bits per heavy atom. The second kappa shape index (κ2) is 17.6. The monoisotopic (exact) mass is 825 g/mol. The Balaban J connectivity index is 0.000000176. The van der Waals surface area contributed by atoms with Crippen LogP contribution in [-0.4, -0.2) is 128 Å². The lowest BCUT2D eigenvalue weighted by atomic mass is 10.0. The fourth-order valence-electron chi connectivity index (χ4n) is 9.21. The first kappa shape index (κ1) is 39.9. The van der Waals surface area contributed by atoms with Crippen LogP contribution < -0.4 is 20.7 Å². The normalized spacial score (nSPS) is 20.0. The molecule has 5 amide bonds. The molecule has 16 heteroatoms. The first-order valence-corrected chi connectivity index (χ1v) is 21.4. The topological polar surface area (TPSA) is 186 Å². The summed E-state index contributed by atoms with van der Waals surface area (Å²) in [6.45, 7) is 7.76. The van der Waals surface area contributed by atoms with Gasteiger partial charge in [0.05, 0.1) is 11.1 Å².